The van der Waals surface area contributed by atoms with Gasteiger partial charge in [0.2, 0.25) is 5.43 Å². The number of pyridine rings is 1. The second-order valence-corrected chi connectivity index (χ2v) is 5.51. The van der Waals surface area contributed by atoms with E-state index in [2.05, 4.69) is 4.90 Å². The summed E-state index contributed by atoms with van der Waals surface area (Å²) in [6.07, 6.45) is 4.83. The molecule has 1 aromatic rings. The van der Waals surface area contributed by atoms with Crippen molar-refractivity contribution in [3.63, 3.8) is 0 Å². The van der Waals surface area contributed by atoms with Gasteiger partial charge in [0.25, 0.3) is 0 Å². The fourth-order valence-electron chi connectivity index (χ4n) is 2.90. The number of aromatic nitrogens is 1. The Kier molecular flexibility index (Phi) is 5.20. The molecule has 0 amide bonds. The van der Waals surface area contributed by atoms with E-state index >= 15 is 0 Å². The average molecular weight is 280 g/mol. The molecule has 0 radical (unpaired) electrons. The van der Waals surface area contributed by atoms with Gasteiger partial charge in [0.15, 0.2) is 5.75 Å². The Morgan fingerprint density at radius 1 is 1.20 bits per heavy atom. The molecular weight excluding hydrogens is 256 g/mol. The fourth-order valence-corrected chi connectivity index (χ4v) is 2.90. The van der Waals surface area contributed by atoms with Crippen molar-refractivity contribution in [1.82, 2.24) is 9.47 Å². The van der Waals surface area contributed by atoms with Gasteiger partial charge in [0, 0.05) is 24.8 Å². The highest BCUT2D eigenvalue weighted by Gasteiger charge is 2.17. The van der Waals surface area contributed by atoms with Crippen LogP contribution in [0.3, 0.4) is 0 Å². The van der Waals surface area contributed by atoms with E-state index in [1.54, 1.807) is 0 Å². The molecule has 0 atom stereocenters. The van der Waals surface area contributed by atoms with Gasteiger partial charge in [0.1, 0.15) is 0 Å². The maximum Gasteiger partial charge on any atom is 0.223 e. The van der Waals surface area contributed by atoms with Gasteiger partial charge >= 0.3 is 0 Å². The van der Waals surface area contributed by atoms with Crippen LogP contribution in [-0.4, -0.2) is 39.4 Å². The molecule has 0 aliphatic carbocycles. The standard InChI is InChI=1S/C15H24N2O3/c1-12-10-14(19)15(20)13(17(12)8-9-18)11-16-6-4-2-3-5-7-16/h10,18,20H,2-9,11H2,1H3. The summed E-state index contributed by atoms with van der Waals surface area (Å²) in [6, 6.07) is 1.43. The second-order valence-electron chi connectivity index (χ2n) is 5.51. The van der Waals surface area contributed by atoms with Crippen molar-refractivity contribution >= 4 is 0 Å². The minimum atomic E-state index is -0.332. The summed E-state index contributed by atoms with van der Waals surface area (Å²) in [4.78, 5) is 14.1. The lowest BCUT2D eigenvalue weighted by atomic mass is 10.2. The molecule has 0 saturated carbocycles. The van der Waals surface area contributed by atoms with Crippen LogP contribution in [-0.2, 0) is 13.1 Å². The number of nitrogens with zero attached hydrogens (tertiary/aromatic N) is 2. The van der Waals surface area contributed by atoms with E-state index in [0.717, 1.165) is 31.6 Å². The summed E-state index contributed by atoms with van der Waals surface area (Å²) in [7, 11) is 0. The van der Waals surface area contributed by atoms with Crippen LogP contribution in [0.1, 0.15) is 37.1 Å². The van der Waals surface area contributed by atoms with E-state index in [0.29, 0.717) is 18.8 Å². The minimum absolute atomic E-state index is 0.00382. The highest BCUT2D eigenvalue weighted by atomic mass is 16.3. The lowest BCUT2D eigenvalue weighted by Gasteiger charge is -2.24. The fraction of sp³-hybridized carbons (Fsp3) is 0.667. The van der Waals surface area contributed by atoms with E-state index in [4.69, 9.17) is 0 Å². The molecule has 1 saturated heterocycles. The van der Waals surface area contributed by atoms with E-state index < -0.39 is 0 Å². The minimum Gasteiger partial charge on any atom is -0.503 e. The zero-order valence-electron chi connectivity index (χ0n) is 12.1. The van der Waals surface area contributed by atoms with Crippen LogP contribution in [0.5, 0.6) is 5.75 Å². The summed E-state index contributed by atoms with van der Waals surface area (Å²) >= 11 is 0. The molecule has 2 heterocycles. The van der Waals surface area contributed by atoms with Crippen LogP contribution in [0.4, 0.5) is 0 Å². The monoisotopic (exact) mass is 280 g/mol. The molecule has 0 unspecified atom stereocenters. The van der Waals surface area contributed by atoms with Gasteiger partial charge in [-0.2, -0.15) is 0 Å². The van der Waals surface area contributed by atoms with Crippen molar-refractivity contribution < 1.29 is 10.2 Å². The molecule has 0 aromatic carbocycles. The third kappa shape index (κ3) is 3.41. The molecule has 1 aliphatic heterocycles. The topological polar surface area (TPSA) is 65.7 Å². The van der Waals surface area contributed by atoms with Crippen LogP contribution in [0.25, 0.3) is 0 Å². The molecule has 1 aliphatic rings. The number of aliphatic hydroxyl groups excluding tert-OH is 1. The van der Waals surface area contributed by atoms with Crippen molar-refractivity contribution in [2.45, 2.75) is 45.7 Å². The molecule has 5 nitrogen and oxygen atoms in total. The molecule has 0 bridgehead atoms. The van der Waals surface area contributed by atoms with Crippen molar-refractivity contribution in [3.8, 4) is 5.75 Å². The molecular formula is C15H24N2O3. The Morgan fingerprint density at radius 2 is 1.85 bits per heavy atom. The van der Waals surface area contributed by atoms with Crippen molar-refractivity contribution in [2.24, 2.45) is 0 Å². The Bertz CT molecular complexity index is 503. The lowest BCUT2D eigenvalue weighted by Crippen LogP contribution is -2.28. The predicted octanol–water partition coefficient (Wildman–Crippen LogP) is 1.23. The Labute approximate surface area is 119 Å². The number of hydrogen-bond acceptors (Lipinski definition) is 4. The first-order chi connectivity index (χ1) is 9.63. The van der Waals surface area contributed by atoms with Crippen LogP contribution in [0.15, 0.2) is 10.9 Å². The van der Waals surface area contributed by atoms with Gasteiger partial charge in [0.05, 0.1) is 12.3 Å². The highest BCUT2D eigenvalue weighted by molar-refractivity contribution is 5.29. The third-order valence-electron chi connectivity index (χ3n) is 3.99. The predicted molar refractivity (Wildman–Crippen MR) is 77.9 cm³/mol. The van der Waals surface area contributed by atoms with Crippen LogP contribution in [0, 0.1) is 6.92 Å². The SMILES string of the molecule is Cc1cc(=O)c(O)c(CN2CCCCCC2)n1CCO. The van der Waals surface area contributed by atoms with Gasteiger partial charge in [-0.1, -0.05) is 12.8 Å². The first-order valence-electron chi connectivity index (χ1n) is 7.39. The number of hydrogen-bond donors (Lipinski definition) is 2. The highest BCUT2D eigenvalue weighted by Crippen LogP contribution is 2.19. The maximum absolute atomic E-state index is 11.8. The van der Waals surface area contributed by atoms with Crippen LogP contribution < -0.4 is 5.43 Å². The van der Waals surface area contributed by atoms with Gasteiger partial charge in [-0.15, -0.1) is 0 Å². The number of rotatable bonds is 4. The van der Waals surface area contributed by atoms with Gasteiger partial charge in [-0.3, -0.25) is 9.69 Å². The Morgan fingerprint density at radius 3 is 2.45 bits per heavy atom. The molecule has 0 spiro atoms. The number of aliphatic hydroxyl groups is 1. The molecule has 20 heavy (non-hydrogen) atoms. The van der Waals surface area contributed by atoms with Crippen LogP contribution >= 0.6 is 0 Å². The summed E-state index contributed by atoms with van der Waals surface area (Å²) < 4.78 is 1.85. The van der Waals surface area contributed by atoms with Crippen molar-refractivity contribution in [1.29, 1.82) is 0 Å². The number of aromatic hydroxyl groups is 1. The quantitative estimate of drug-likeness (QED) is 0.870. The summed E-state index contributed by atoms with van der Waals surface area (Å²) in [5, 5.41) is 19.3. The molecule has 1 fully saturated rings. The summed E-state index contributed by atoms with van der Waals surface area (Å²) in [6.45, 7) is 4.81. The summed E-state index contributed by atoms with van der Waals surface area (Å²) in [5.41, 5.74) is 1.08. The van der Waals surface area contributed by atoms with Crippen LogP contribution in [0.2, 0.25) is 0 Å². The second kappa shape index (κ2) is 6.90. The van der Waals surface area contributed by atoms with E-state index in [1.165, 1.54) is 18.9 Å². The van der Waals surface area contributed by atoms with E-state index in [-0.39, 0.29) is 17.8 Å². The largest absolute Gasteiger partial charge is 0.503 e. The zero-order chi connectivity index (χ0) is 14.5. The lowest BCUT2D eigenvalue weighted by molar-refractivity contribution is 0.246. The zero-order valence-corrected chi connectivity index (χ0v) is 12.1. The molecule has 2 rings (SSSR count). The Balaban J connectivity index is 2.30. The number of aryl methyl sites for hydroxylation is 1. The van der Waals surface area contributed by atoms with Gasteiger partial charge in [-0.05, 0) is 32.9 Å². The summed E-state index contributed by atoms with van der Waals surface area (Å²) in [5.74, 6) is -0.173. The average Bonchev–Trinajstić information content (AvgIpc) is 2.68. The maximum atomic E-state index is 11.8. The smallest absolute Gasteiger partial charge is 0.223 e. The van der Waals surface area contributed by atoms with Crippen molar-refractivity contribution in [3.05, 3.63) is 27.7 Å². The first kappa shape index (κ1) is 15.1. The first-order valence-corrected chi connectivity index (χ1v) is 7.39. The molecule has 2 N–H and O–H groups in total. The normalized spacial score (nSPS) is 17.1. The molecule has 5 heteroatoms. The van der Waals surface area contributed by atoms with E-state index in [9.17, 15) is 15.0 Å². The number of likely N-dealkylation sites (tertiary alicyclic amines) is 1. The van der Waals surface area contributed by atoms with Gasteiger partial charge in [-0.25, -0.2) is 0 Å². The third-order valence-corrected chi connectivity index (χ3v) is 3.99. The van der Waals surface area contributed by atoms with E-state index in [1.807, 2.05) is 11.5 Å². The van der Waals surface area contributed by atoms with Crippen molar-refractivity contribution in [2.75, 3.05) is 19.7 Å². The molecule has 1 aromatic heterocycles. The van der Waals surface area contributed by atoms with Gasteiger partial charge < -0.3 is 14.8 Å². The Hall–Kier alpha value is -1.33. The molecule has 112 valence electrons.